The van der Waals surface area contributed by atoms with Crippen LogP contribution in [0.5, 0.6) is 5.75 Å². The zero-order valence-electron chi connectivity index (χ0n) is 9.66. The predicted octanol–water partition coefficient (Wildman–Crippen LogP) is 2.33. The van der Waals surface area contributed by atoms with E-state index in [0.29, 0.717) is 0 Å². The molecule has 86 valence electrons. The van der Waals surface area contributed by atoms with E-state index in [2.05, 4.69) is 0 Å². The molecule has 3 heteroatoms. The van der Waals surface area contributed by atoms with Crippen molar-refractivity contribution in [3.05, 3.63) is 29.8 Å². The van der Waals surface area contributed by atoms with E-state index in [9.17, 15) is 4.79 Å². The largest absolute Gasteiger partial charge is 0.497 e. The molecule has 0 atom stereocenters. The Balaban J connectivity index is 2.00. The molecule has 1 aromatic carbocycles. The molecule has 2 rings (SSSR count). The molecule has 0 amide bonds. The summed E-state index contributed by atoms with van der Waals surface area (Å²) in [7, 11) is 1.65. The van der Waals surface area contributed by atoms with Gasteiger partial charge in [-0.25, -0.2) is 0 Å². The Morgan fingerprint density at radius 1 is 1.31 bits per heavy atom. The third-order valence-corrected chi connectivity index (χ3v) is 2.85. The van der Waals surface area contributed by atoms with E-state index in [0.717, 1.165) is 25.0 Å². The molecule has 0 saturated heterocycles. The smallest absolute Gasteiger partial charge is 0.303 e. The molecule has 1 aliphatic rings. The molecule has 1 aliphatic carbocycles. The zero-order chi connectivity index (χ0) is 11.6. The number of methoxy groups -OCH3 is 1. The molecule has 16 heavy (non-hydrogen) atoms. The third-order valence-electron chi connectivity index (χ3n) is 2.85. The van der Waals surface area contributed by atoms with E-state index in [-0.39, 0.29) is 11.6 Å². The van der Waals surface area contributed by atoms with Gasteiger partial charge in [0.25, 0.3) is 0 Å². The van der Waals surface area contributed by atoms with Crippen molar-refractivity contribution in [2.45, 2.75) is 31.8 Å². The minimum absolute atomic E-state index is 0.189. The molecule has 1 fully saturated rings. The topological polar surface area (TPSA) is 35.5 Å². The summed E-state index contributed by atoms with van der Waals surface area (Å²) in [6.45, 7) is 1.47. The van der Waals surface area contributed by atoms with Crippen LogP contribution in [0.3, 0.4) is 0 Å². The lowest BCUT2D eigenvalue weighted by atomic mass is 10.1. The third kappa shape index (κ3) is 2.54. The second-order valence-electron chi connectivity index (χ2n) is 4.30. The molecule has 0 aliphatic heterocycles. The molecule has 0 spiro atoms. The molecule has 0 bridgehead atoms. The van der Waals surface area contributed by atoms with Crippen LogP contribution in [0.1, 0.15) is 25.3 Å². The monoisotopic (exact) mass is 220 g/mol. The first-order valence-corrected chi connectivity index (χ1v) is 5.46. The number of ether oxygens (including phenoxy) is 2. The van der Waals surface area contributed by atoms with E-state index in [1.807, 2.05) is 24.3 Å². The van der Waals surface area contributed by atoms with Crippen molar-refractivity contribution in [2.24, 2.45) is 0 Å². The standard InChI is InChI=1S/C13H16O3/c1-10(14)16-13(7-8-13)9-11-3-5-12(15-2)6-4-11/h3-6H,7-9H2,1-2H3. The van der Waals surface area contributed by atoms with E-state index >= 15 is 0 Å². The summed E-state index contributed by atoms with van der Waals surface area (Å²) in [6, 6.07) is 7.89. The van der Waals surface area contributed by atoms with Gasteiger partial charge in [0.2, 0.25) is 0 Å². The fourth-order valence-corrected chi connectivity index (χ4v) is 1.87. The highest BCUT2D eigenvalue weighted by molar-refractivity contribution is 5.67. The lowest BCUT2D eigenvalue weighted by Gasteiger charge is -2.15. The fraction of sp³-hybridized carbons (Fsp3) is 0.462. The van der Waals surface area contributed by atoms with Crippen molar-refractivity contribution < 1.29 is 14.3 Å². The predicted molar refractivity (Wildman–Crippen MR) is 60.4 cm³/mol. The second-order valence-corrected chi connectivity index (χ2v) is 4.30. The Morgan fingerprint density at radius 3 is 2.38 bits per heavy atom. The molecule has 3 nitrogen and oxygen atoms in total. The molecule has 0 unspecified atom stereocenters. The molecule has 0 aromatic heterocycles. The summed E-state index contributed by atoms with van der Waals surface area (Å²) < 4.78 is 10.4. The molecule has 0 heterocycles. The van der Waals surface area contributed by atoms with Crippen molar-refractivity contribution in [3.63, 3.8) is 0 Å². The van der Waals surface area contributed by atoms with E-state index in [1.54, 1.807) is 7.11 Å². The quantitative estimate of drug-likeness (QED) is 0.730. The Morgan fingerprint density at radius 2 is 1.94 bits per heavy atom. The number of rotatable bonds is 4. The van der Waals surface area contributed by atoms with Crippen LogP contribution in [0.25, 0.3) is 0 Å². The highest BCUT2D eigenvalue weighted by Crippen LogP contribution is 2.42. The van der Waals surface area contributed by atoms with Gasteiger partial charge in [0.15, 0.2) is 0 Å². The Bertz CT molecular complexity index is 377. The summed E-state index contributed by atoms with van der Waals surface area (Å²) in [5.41, 5.74) is 0.958. The molecule has 1 saturated carbocycles. The van der Waals surface area contributed by atoms with Gasteiger partial charge in [-0.1, -0.05) is 12.1 Å². The van der Waals surface area contributed by atoms with Gasteiger partial charge >= 0.3 is 5.97 Å². The van der Waals surface area contributed by atoms with Crippen LogP contribution < -0.4 is 4.74 Å². The number of carbonyl (C=O) groups is 1. The first-order chi connectivity index (χ1) is 7.63. The van der Waals surface area contributed by atoms with Crippen LogP contribution in [0, 0.1) is 0 Å². The van der Waals surface area contributed by atoms with Gasteiger partial charge in [-0.15, -0.1) is 0 Å². The number of esters is 1. The van der Waals surface area contributed by atoms with Crippen LogP contribution >= 0.6 is 0 Å². The average Bonchev–Trinajstić information content (AvgIpc) is 2.98. The van der Waals surface area contributed by atoms with E-state index in [1.165, 1.54) is 12.5 Å². The fourth-order valence-electron chi connectivity index (χ4n) is 1.87. The number of carbonyl (C=O) groups excluding carboxylic acids is 1. The first-order valence-electron chi connectivity index (χ1n) is 5.46. The lowest BCUT2D eigenvalue weighted by molar-refractivity contribution is -0.148. The highest BCUT2D eigenvalue weighted by atomic mass is 16.6. The first kappa shape index (κ1) is 11.0. The molecular weight excluding hydrogens is 204 g/mol. The summed E-state index contributed by atoms with van der Waals surface area (Å²) in [4.78, 5) is 10.9. The number of hydrogen-bond donors (Lipinski definition) is 0. The molecule has 0 N–H and O–H groups in total. The van der Waals surface area contributed by atoms with Gasteiger partial charge in [0.05, 0.1) is 7.11 Å². The SMILES string of the molecule is COc1ccc(CC2(OC(C)=O)CC2)cc1. The maximum atomic E-state index is 10.9. The molecule has 1 aromatic rings. The number of benzene rings is 1. The Kier molecular flexibility index (Phi) is 2.86. The van der Waals surface area contributed by atoms with Gasteiger partial charge in [-0.05, 0) is 30.5 Å². The van der Waals surface area contributed by atoms with Crippen molar-refractivity contribution in [3.8, 4) is 5.75 Å². The summed E-state index contributed by atoms with van der Waals surface area (Å²) in [5, 5.41) is 0. The minimum atomic E-state index is -0.222. The summed E-state index contributed by atoms with van der Waals surface area (Å²) in [6.07, 6.45) is 2.74. The highest BCUT2D eigenvalue weighted by Gasteiger charge is 2.46. The Hall–Kier alpha value is -1.51. The van der Waals surface area contributed by atoms with Crippen LogP contribution in [-0.4, -0.2) is 18.7 Å². The van der Waals surface area contributed by atoms with Crippen LogP contribution in [0.15, 0.2) is 24.3 Å². The average molecular weight is 220 g/mol. The molecular formula is C13H16O3. The van der Waals surface area contributed by atoms with E-state index < -0.39 is 0 Å². The van der Waals surface area contributed by atoms with Gasteiger partial charge in [-0.3, -0.25) is 4.79 Å². The number of hydrogen-bond acceptors (Lipinski definition) is 3. The van der Waals surface area contributed by atoms with Crippen molar-refractivity contribution in [1.82, 2.24) is 0 Å². The van der Waals surface area contributed by atoms with Crippen LogP contribution in [0.4, 0.5) is 0 Å². The minimum Gasteiger partial charge on any atom is -0.497 e. The Labute approximate surface area is 95.4 Å². The van der Waals surface area contributed by atoms with Gasteiger partial charge in [0.1, 0.15) is 11.4 Å². The maximum Gasteiger partial charge on any atom is 0.303 e. The van der Waals surface area contributed by atoms with E-state index in [4.69, 9.17) is 9.47 Å². The van der Waals surface area contributed by atoms with Crippen molar-refractivity contribution in [1.29, 1.82) is 0 Å². The van der Waals surface area contributed by atoms with Gasteiger partial charge in [0, 0.05) is 13.3 Å². The van der Waals surface area contributed by atoms with Crippen molar-refractivity contribution >= 4 is 5.97 Å². The second kappa shape index (κ2) is 4.16. The van der Waals surface area contributed by atoms with Crippen molar-refractivity contribution in [2.75, 3.05) is 7.11 Å². The summed E-state index contributed by atoms with van der Waals surface area (Å²) >= 11 is 0. The lowest BCUT2D eigenvalue weighted by Crippen LogP contribution is -2.20. The summed E-state index contributed by atoms with van der Waals surface area (Å²) in [5.74, 6) is 0.659. The molecule has 0 radical (unpaired) electrons. The normalized spacial score (nSPS) is 16.6. The van der Waals surface area contributed by atoms with Gasteiger partial charge in [-0.2, -0.15) is 0 Å². The zero-order valence-corrected chi connectivity index (χ0v) is 9.66. The van der Waals surface area contributed by atoms with Crippen LogP contribution in [0.2, 0.25) is 0 Å². The van der Waals surface area contributed by atoms with Gasteiger partial charge < -0.3 is 9.47 Å². The maximum absolute atomic E-state index is 10.9. The van der Waals surface area contributed by atoms with Crippen LogP contribution in [-0.2, 0) is 16.0 Å².